The van der Waals surface area contributed by atoms with Crippen LogP contribution in [0.3, 0.4) is 0 Å². The summed E-state index contributed by atoms with van der Waals surface area (Å²) in [4.78, 5) is 20.9. The first kappa shape index (κ1) is 16.6. The molecule has 0 bridgehead atoms. The van der Waals surface area contributed by atoms with Crippen molar-refractivity contribution in [2.45, 2.75) is 20.8 Å². The summed E-state index contributed by atoms with van der Waals surface area (Å²) < 4.78 is 0. The van der Waals surface area contributed by atoms with Crippen LogP contribution in [-0.2, 0) is 0 Å². The summed E-state index contributed by atoms with van der Waals surface area (Å²) in [7, 11) is 0. The molecule has 0 aliphatic carbocycles. The minimum atomic E-state index is -0.267. The van der Waals surface area contributed by atoms with Gasteiger partial charge in [0.25, 0.3) is 5.91 Å². The maximum Gasteiger partial charge on any atom is 0.274 e. The van der Waals surface area contributed by atoms with Gasteiger partial charge in [-0.2, -0.15) is 0 Å². The van der Waals surface area contributed by atoms with Gasteiger partial charge in [0.2, 0.25) is 5.95 Å². The number of aromatic nitrogens is 2. The summed E-state index contributed by atoms with van der Waals surface area (Å²) in [6.07, 6.45) is 1.57. The molecule has 0 atom stereocenters. The highest BCUT2D eigenvalue weighted by Gasteiger charge is 2.10. The molecule has 0 unspecified atom stereocenters. The maximum absolute atomic E-state index is 12.4. The Kier molecular flexibility index (Phi) is 4.75. The van der Waals surface area contributed by atoms with E-state index in [1.54, 1.807) is 12.3 Å². The first-order valence-electron chi connectivity index (χ1n) is 8.06. The largest absolute Gasteiger partial charge is 0.324 e. The molecule has 3 aromatic rings. The van der Waals surface area contributed by atoms with Crippen molar-refractivity contribution < 1.29 is 4.79 Å². The summed E-state index contributed by atoms with van der Waals surface area (Å²) in [5, 5.41) is 6.02. The number of carbonyl (C=O) groups is 1. The fraction of sp³-hybridized carbons (Fsp3) is 0.150. The van der Waals surface area contributed by atoms with Crippen LogP contribution in [0, 0.1) is 20.8 Å². The molecule has 1 heterocycles. The summed E-state index contributed by atoms with van der Waals surface area (Å²) in [5.41, 5.74) is 5.34. The van der Waals surface area contributed by atoms with Crippen molar-refractivity contribution in [3.8, 4) is 0 Å². The second-order valence-electron chi connectivity index (χ2n) is 6.03. The normalized spacial score (nSPS) is 10.4. The van der Waals surface area contributed by atoms with E-state index in [1.807, 2.05) is 57.2 Å². The Morgan fingerprint density at radius 2 is 1.76 bits per heavy atom. The average molecular weight is 332 g/mol. The molecule has 0 aliphatic rings. The average Bonchev–Trinajstić information content (AvgIpc) is 2.58. The fourth-order valence-electron chi connectivity index (χ4n) is 2.54. The third-order valence-corrected chi connectivity index (χ3v) is 3.79. The molecule has 25 heavy (non-hydrogen) atoms. The number of carbonyl (C=O) groups excluding carboxylic acids is 1. The van der Waals surface area contributed by atoms with Crippen molar-refractivity contribution in [1.82, 2.24) is 9.97 Å². The monoisotopic (exact) mass is 332 g/mol. The SMILES string of the molecule is Cc1cccc(NC(=O)c2ccnc(Nc3ccc(C)cc3C)n2)c1. The Balaban J connectivity index is 1.77. The molecule has 126 valence electrons. The lowest BCUT2D eigenvalue weighted by Crippen LogP contribution is -2.14. The molecule has 0 saturated heterocycles. The van der Waals surface area contributed by atoms with E-state index in [4.69, 9.17) is 0 Å². The highest BCUT2D eigenvalue weighted by atomic mass is 16.1. The predicted octanol–water partition coefficient (Wildman–Crippen LogP) is 4.40. The zero-order valence-electron chi connectivity index (χ0n) is 14.5. The number of hydrogen-bond donors (Lipinski definition) is 2. The second kappa shape index (κ2) is 7.13. The van der Waals surface area contributed by atoms with Gasteiger partial charge in [0, 0.05) is 17.6 Å². The molecule has 5 heteroatoms. The van der Waals surface area contributed by atoms with Crippen molar-refractivity contribution in [3.63, 3.8) is 0 Å². The van der Waals surface area contributed by atoms with Crippen LogP contribution in [0.4, 0.5) is 17.3 Å². The molecule has 0 fully saturated rings. The number of amides is 1. The van der Waals surface area contributed by atoms with Crippen LogP contribution in [-0.4, -0.2) is 15.9 Å². The lowest BCUT2D eigenvalue weighted by Gasteiger charge is -2.10. The van der Waals surface area contributed by atoms with Crippen molar-refractivity contribution in [2.75, 3.05) is 10.6 Å². The summed E-state index contributed by atoms with van der Waals surface area (Å²) in [6, 6.07) is 15.3. The van der Waals surface area contributed by atoms with E-state index in [1.165, 1.54) is 5.56 Å². The molecule has 1 amide bonds. The molecule has 5 nitrogen and oxygen atoms in total. The van der Waals surface area contributed by atoms with Gasteiger partial charge in [-0.05, 0) is 56.2 Å². The molecular formula is C20H20N4O. The molecule has 0 spiro atoms. The van der Waals surface area contributed by atoms with Gasteiger partial charge in [-0.25, -0.2) is 9.97 Å². The van der Waals surface area contributed by atoms with Gasteiger partial charge in [0.1, 0.15) is 5.69 Å². The fourth-order valence-corrected chi connectivity index (χ4v) is 2.54. The maximum atomic E-state index is 12.4. The zero-order chi connectivity index (χ0) is 17.8. The third kappa shape index (κ3) is 4.20. The van der Waals surface area contributed by atoms with Crippen molar-refractivity contribution >= 4 is 23.2 Å². The summed E-state index contributed by atoms with van der Waals surface area (Å²) >= 11 is 0. The smallest absolute Gasteiger partial charge is 0.274 e. The van der Waals surface area contributed by atoms with Gasteiger partial charge in [0.15, 0.2) is 0 Å². The molecule has 0 radical (unpaired) electrons. The molecule has 2 N–H and O–H groups in total. The second-order valence-corrected chi connectivity index (χ2v) is 6.03. The lowest BCUT2D eigenvalue weighted by atomic mass is 10.1. The van der Waals surface area contributed by atoms with E-state index in [9.17, 15) is 4.79 Å². The predicted molar refractivity (Wildman–Crippen MR) is 100 cm³/mol. The number of nitrogens with one attached hydrogen (secondary N) is 2. The molecule has 3 rings (SSSR count). The highest BCUT2D eigenvalue weighted by Crippen LogP contribution is 2.19. The number of hydrogen-bond acceptors (Lipinski definition) is 4. The number of anilines is 3. The number of nitrogens with zero attached hydrogens (tertiary/aromatic N) is 2. The number of benzene rings is 2. The lowest BCUT2D eigenvalue weighted by molar-refractivity contribution is 0.102. The number of aryl methyl sites for hydroxylation is 3. The van der Waals surface area contributed by atoms with E-state index in [-0.39, 0.29) is 5.91 Å². The Morgan fingerprint density at radius 3 is 2.52 bits per heavy atom. The van der Waals surface area contributed by atoms with Crippen LogP contribution >= 0.6 is 0 Å². The van der Waals surface area contributed by atoms with Gasteiger partial charge in [0.05, 0.1) is 0 Å². The Bertz CT molecular complexity index is 921. The van der Waals surface area contributed by atoms with Gasteiger partial charge >= 0.3 is 0 Å². The van der Waals surface area contributed by atoms with E-state index >= 15 is 0 Å². The van der Waals surface area contributed by atoms with Gasteiger partial charge in [-0.15, -0.1) is 0 Å². The first-order valence-corrected chi connectivity index (χ1v) is 8.06. The van der Waals surface area contributed by atoms with E-state index in [2.05, 4.69) is 26.7 Å². The Labute approximate surface area is 147 Å². The van der Waals surface area contributed by atoms with E-state index < -0.39 is 0 Å². The van der Waals surface area contributed by atoms with Crippen molar-refractivity contribution in [2.24, 2.45) is 0 Å². The minimum absolute atomic E-state index is 0.267. The summed E-state index contributed by atoms with van der Waals surface area (Å²) in [5.74, 6) is 0.125. The summed E-state index contributed by atoms with van der Waals surface area (Å²) in [6.45, 7) is 6.04. The van der Waals surface area contributed by atoms with Gasteiger partial charge in [-0.1, -0.05) is 29.8 Å². The van der Waals surface area contributed by atoms with Gasteiger partial charge < -0.3 is 10.6 Å². The molecule has 0 saturated carbocycles. The Hall–Kier alpha value is -3.21. The van der Waals surface area contributed by atoms with E-state index in [0.717, 1.165) is 22.5 Å². The highest BCUT2D eigenvalue weighted by molar-refractivity contribution is 6.03. The standard InChI is InChI=1S/C20H20N4O/c1-13-5-4-6-16(12-13)22-19(25)18-9-10-21-20(24-18)23-17-8-7-14(2)11-15(17)3/h4-12H,1-3H3,(H,22,25)(H,21,23,24). The van der Waals surface area contributed by atoms with Crippen molar-refractivity contribution in [3.05, 3.63) is 77.1 Å². The third-order valence-electron chi connectivity index (χ3n) is 3.79. The first-order chi connectivity index (χ1) is 12.0. The molecular weight excluding hydrogens is 312 g/mol. The van der Waals surface area contributed by atoms with Crippen LogP contribution < -0.4 is 10.6 Å². The van der Waals surface area contributed by atoms with Gasteiger partial charge in [-0.3, -0.25) is 4.79 Å². The minimum Gasteiger partial charge on any atom is -0.324 e. The van der Waals surface area contributed by atoms with Crippen LogP contribution in [0.25, 0.3) is 0 Å². The van der Waals surface area contributed by atoms with Crippen LogP contribution in [0.5, 0.6) is 0 Å². The zero-order valence-corrected chi connectivity index (χ0v) is 14.5. The van der Waals surface area contributed by atoms with Crippen LogP contribution in [0.1, 0.15) is 27.2 Å². The number of rotatable bonds is 4. The van der Waals surface area contributed by atoms with E-state index in [0.29, 0.717) is 11.6 Å². The Morgan fingerprint density at radius 1 is 0.960 bits per heavy atom. The molecule has 2 aromatic carbocycles. The quantitative estimate of drug-likeness (QED) is 0.743. The van der Waals surface area contributed by atoms with Crippen molar-refractivity contribution in [1.29, 1.82) is 0 Å². The van der Waals surface area contributed by atoms with Crippen LogP contribution in [0.2, 0.25) is 0 Å². The topological polar surface area (TPSA) is 66.9 Å². The molecule has 1 aromatic heterocycles. The molecule has 0 aliphatic heterocycles. The van der Waals surface area contributed by atoms with Crippen LogP contribution in [0.15, 0.2) is 54.7 Å².